The fourth-order valence-corrected chi connectivity index (χ4v) is 3.49. The van der Waals surface area contributed by atoms with Gasteiger partial charge in [-0.2, -0.15) is 13.2 Å². The summed E-state index contributed by atoms with van der Waals surface area (Å²) >= 11 is 0. The van der Waals surface area contributed by atoms with Crippen molar-refractivity contribution in [2.24, 2.45) is 0 Å². The van der Waals surface area contributed by atoms with Crippen LogP contribution in [0, 0.1) is 6.92 Å². The average molecular weight is 443 g/mol. The molecule has 3 rings (SSSR count). The molecule has 0 unspecified atom stereocenters. The maximum absolute atomic E-state index is 13.6. The van der Waals surface area contributed by atoms with E-state index < -0.39 is 47.7 Å². The third-order valence-corrected chi connectivity index (χ3v) is 4.83. The fourth-order valence-electron chi connectivity index (χ4n) is 3.49. The maximum atomic E-state index is 13.6. The van der Waals surface area contributed by atoms with Crippen LogP contribution in [0.2, 0.25) is 0 Å². The standard InChI is InChI=1S/C20H17F5N2O4/c1-3-13-16(10-4-6-11(7-5-10)17(21)22)31-19(30)27(13)8-12-15(20(23,24)25)14(18(28)29)9(2)26-12/h4-7,17,26H,3,8H2,1-2H3,(H,28,29)/p-1. The number of hydrogen-bond donors (Lipinski definition) is 1. The van der Waals surface area contributed by atoms with E-state index in [-0.39, 0.29) is 29.1 Å². The van der Waals surface area contributed by atoms with Gasteiger partial charge in [0.2, 0.25) is 0 Å². The minimum absolute atomic E-state index is 0.0327. The normalized spacial score (nSPS) is 12.0. The van der Waals surface area contributed by atoms with E-state index in [1.54, 1.807) is 6.92 Å². The molecule has 0 spiro atoms. The SMILES string of the molecule is CCc1c(-c2ccc(C(F)F)cc2)oc(=O)n1Cc1[nH]c(C)c(C(=O)[O-])c1C(F)(F)F. The lowest BCUT2D eigenvalue weighted by Crippen LogP contribution is -2.27. The molecule has 0 bridgehead atoms. The van der Waals surface area contributed by atoms with Crippen molar-refractivity contribution in [2.75, 3.05) is 0 Å². The number of rotatable bonds is 6. The van der Waals surface area contributed by atoms with Gasteiger partial charge >= 0.3 is 11.9 Å². The first-order valence-electron chi connectivity index (χ1n) is 9.06. The van der Waals surface area contributed by atoms with E-state index in [0.717, 1.165) is 23.6 Å². The number of alkyl halides is 5. The molecule has 0 aliphatic rings. The van der Waals surface area contributed by atoms with Crippen molar-refractivity contribution in [1.29, 1.82) is 0 Å². The van der Waals surface area contributed by atoms with Crippen molar-refractivity contribution in [3.05, 3.63) is 68.6 Å². The van der Waals surface area contributed by atoms with E-state index in [1.807, 2.05) is 0 Å². The Labute approximate surface area is 171 Å². The number of carboxylic acid groups (broad SMARTS) is 1. The van der Waals surface area contributed by atoms with Gasteiger partial charge < -0.3 is 19.3 Å². The largest absolute Gasteiger partial charge is 0.545 e. The molecule has 0 fully saturated rings. The maximum Gasteiger partial charge on any atom is 0.420 e. The van der Waals surface area contributed by atoms with Gasteiger partial charge in [0.15, 0.2) is 5.76 Å². The Kier molecular flexibility index (Phi) is 5.79. The summed E-state index contributed by atoms with van der Waals surface area (Å²) in [7, 11) is 0. The Morgan fingerprint density at radius 2 is 1.84 bits per heavy atom. The van der Waals surface area contributed by atoms with Gasteiger partial charge in [-0.1, -0.05) is 31.2 Å². The smallest absolute Gasteiger partial charge is 0.420 e. The second-order valence-electron chi connectivity index (χ2n) is 6.77. The lowest BCUT2D eigenvalue weighted by atomic mass is 10.1. The number of aromatic carboxylic acids is 1. The molecule has 3 aromatic rings. The van der Waals surface area contributed by atoms with E-state index in [1.165, 1.54) is 12.1 Å². The molecule has 1 aromatic carbocycles. The summed E-state index contributed by atoms with van der Waals surface area (Å²) in [4.78, 5) is 26.0. The predicted molar refractivity (Wildman–Crippen MR) is 96.7 cm³/mol. The Morgan fingerprint density at radius 3 is 2.32 bits per heavy atom. The van der Waals surface area contributed by atoms with Crippen molar-refractivity contribution in [1.82, 2.24) is 9.55 Å². The Hall–Kier alpha value is -3.37. The quantitative estimate of drug-likeness (QED) is 0.589. The zero-order valence-electron chi connectivity index (χ0n) is 16.3. The molecule has 0 radical (unpaired) electrons. The second kappa shape index (κ2) is 8.05. The summed E-state index contributed by atoms with van der Waals surface area (Å²) < 4.78 is 72.3. The van der Waals surface area contributed by atoms with Crippen LogP contribution < -0.4 is 10.9 Å². The number of carbonyl (C=O) groups excluding carboxylic acids is 1. The third kappa shape index (κ3) is 4.12. The molecule has 11 heteroatoms. The monoisotopic (exact) mass is 443 g/mol. The zero-order chi connectivity index (χ0) is 23.1. The van der Waals surface area contributed by atoms with E-state index in [0.29, 0.717) is 5.56 Å². The van der Waals surface area contributed by atoms with Gasteiger partial charge in [-0.25, -0.2) is 13.6 Å². The lowest BCUT2D eigenvalue weighted by Gasteiger charge is -2.13. The van der Waals surface area contributed by atoms with E-state index >= 15 is 0 Å². The highest BCUT2D eigenvalue weighted by Gasteiger charge is 2.39. The van der Waals surface area contributed by atoms with Gasteiger partial charge in [-0.3, -0.25) is 4.57 Å². The zero-order valence-corrected chi connectivity index (χ0v) is 16.3. The summed E-state index contributed by atoms with van der Waals surface area (Å²) in [5.74, 6) is -2.94. The van der Waals surface area contributed by atoms with Gasteiger partial charge in [-0.15, -0.1) is 0 Å². The number of carbonyl (C=O) groups is 1. The Balaban J connectivity index is 2.11. The molecule has 2 heterocycles. The molecule has 31 heavy (non-hydrogen) atoms. The van der Waals surface area contributed by atoms with Gasteiger partial charge in [0, 0.05) is 28.1 Å². The van der Waals surface area contributed by atoms with Crippen molar-refractivity contribution in [2.45, 2.75) is 39.4 Å². The lowest BCUT2D eigenvalue weighted by molar-refractivity contribution is -0.255. The predicted octanol–water partition coefficient (Wildman–Crippen LogP) is 3.68. The molecule has 0 aliphatic heterocycles. The molecule has 2 aromatic heterocycles. The highest BCUT2D eigenvalue weighted by Crippen LogP contribution is 2.37. The number of nitrogens with zero attached hydrogens (tertiary/aromatic N) is 1. The first-order valence-corrected chi connectivity index (χ1v) is 9.06. The topological polar surface area (TPSA) is 91.1 Å². The first-order chi connectivity index (χ1) is 14.5. The van der Waals surface area contributed by atoms with Crippen LogP contribution in [0.1, 0.15) is 51.9 Å². The van der Waals surface area contributed by atoms with Crippen molar-refractivity contribution >= 4 is 5.97 Å². The van der Waals surface area contributed by atoms with Gasteiger partial charge in [-0.05, 0) is 13.3 Å². The van der Waals surface area contributed by atoms with Crippen LogP contribution in [-0.4, -0.2) is 15.5 Å². The summed E-state index contributed by atoms with van der Waals surface area (Å²) in [6.45, 7) is 2.15. The number of aryl methyl sites for hydroxylation is 1. The number of hydrogen-bond acceptors (Lipinski definition) is 4. The van der Waals surface area contributed by atoms with Crippen LogP contribution in [0.15, 0.2) is 33.5 Å². The highest BCUT2D eigenvalue weighted by molar-refractivity contribution is 5.90. The van der Waals surface area contributed by atoms with E-state index in [9.17, 15) is 36.6 Å². The molecule has 0 amide bonds. The molecule has 0 atom stereocenters. The first kappa shape index (κ1) is 22.3. The van der Waals surface area contributed by atoms with Crippen molar-refractivity contribution in [3.63, 3.8) is 0 Å². The number of carboxylic acids is 1. The van der Waals surface area contributed by atoms with Crippen molar-refractivity contribution in [3.8, 4) is 11.3 Å². The highest BCUT2D eigenvalue weighted by atomic mass is 19.4. The molecule has 6 nitrogen and oxygen atoms in total. The van der Waals surface area contributed by atoms with Crippen LogP contribution in [-0.2, 0) is 19.1 Å². The molecular formula is C20H16F5N2O4-. The number of nitrogens with one attached hydrogen (secondary N) is 1. The third-order valence-electron chi connectivity index (χ3n) is 4.83. The molecule has 0 saturated heterocycles. The van der Waals surface area contributed by atoms with Gasteiger partial charge in [0.1, 0.15) is 0 Å². The van der Waals surface area contributed by atoms with Crippen LogP contribution in [0.3, 0.4) is 0 Å². The summed E-state index contributed by atoms with van der Waals surface area (Å²) in [5, 5.41) is 11.2. The summed E-state index contributed by atoms with van der Waals surface area (Å²) in [5.41, 5.74) is -2.98. The fraction of sp³-hybridized carbons (Fsp3) is 0.300. The van der Waals surface area contributed by atoms with Crippen LogP contribution in [0.4, 0.5) is 22.0 Å². The van der Waals surface area contributed by atoms with Crippen LogP contribution in [0.25, 0.3) is 11.3 Å². The number of aromatic nitrogens is 2. The molecule has 0 aliphatic carbocycles. The minimum Gasteiger partial charge on any atom is -0.545 e. The molecule has 0 saturated carbocycles. The number of oxazole rings is 1. The summed E-state index contributed by atoms with van der Waals surface area (Å²) in [6, 6.07) is 4.94. The number of benzene rings is 1. The van der Waals surface area contributed by atoms with Gasteiger partial charge in [0.25, 0.3) is 6.43 Å². The van der Waals surface area contributed by atoms with Crippen LogP contribution >= 0.6 is 0 Å². The summed E-state index contributed by atoms with van der Waals surface area (Å²) in [6.07, 6.45) is -7.53. The van der Waals surface area contributed by atoms with E-state index in [2.05, 4.69) is 4.98 Å². The number of H-pyrrole nitrogens is 1. The average Bonchev–Trinajstić information content (AvgIpc) is 3.18. The molecular weight excluding hydrogens is 427 g/mol. The Morgan fingerprint density at radius 1 is 1.23 bits per heavy atom. The molecule has 166 valence electrons. The number of halogens is 5. The minimum atomic E-state index is -5.01. The second-order valence-corrected chi connectivity index (χ2v) is 6.77. The Bertz CT molecular complexity index is 1170. The van der Waals surface area contributed by atoms with Crippen LogP contribution in [0.5, 0.6) is 0 Å². The number of aromatic amines is 1. The molecule has 1 N–H and O–H groups in total. The van der Waals surface area contributed by atoms with E-state index in [4.69, 9.17) is 4.42 Å². The van der Waals surface area contributed by atoms with Gasteiger partial charge in [0.05, 0.1) is 23.8 Å². The van der Waals surface area contributed by atoms with Crippen molar-refractivity contribution < 1.29 is 36.3 Å².